The number of aromatic nitrogens is 1. The van der Waals surface area contributed by atoms with Gasteiger partial charge in [-0.2, -0.15) is 0 Å². The van der Waals surface area contributed by atoms with Gasteiger partial charge in [-0.1, -0.05) is 23.4 Å². The first-order valence-electron chi connectivity index (χ1n) is 9.78. The maximum Gasteiger partial charge on any atom is 0.304 e. The van der Waals surface area contributed by atoms with E-state index < -0.39 is 15.8 Å². The molecule has 0 fully saturated rings. The molecular formula is C22H22ClNO5S2. The maximum absolute atomic E-state index is 12.3. The number of methoxy groups -OCH3 is 1. The maximum atomic E-state index is 12.3. The minimum absolute atomic E-state index is 0.0196. The molecular weight excluding hydrogens is 458 g/mol. The third kappa shape index (κ3) is 4.29. The third-order valence-electron chi connectivity index (χ3n) is 5.52. The first kappa shape index (κ1) is 22.0. The van der Waals surface area contributed by atoms with Crippen molar-refractivity contribution in [2.75, 3.05) is 13.4 Å². The number of carbonyl (C=O) groups is 1. The second kappa shape index (κ2) is 8.41. The highest BCUT2D eigenvalue weighted by molar-refractivity contribution is 7.99. The number of halogens is 1. The number of fused-ring (bicyclic) bond motifs is 3. The van der Waals surface area contributed by atoms with Crippen molar-refractivity contribution in [3.63, 3.8) is 0 Å². The molecule has 1 unspecified atom stereocenters. The van der Waals surface area contributed by atoms with E-state index in [1.54, 1.807) is 12.1 Å². The fourth-order valence-electron chi connectivity index (χ4n) is 4.19. The smallest absolute Gasteiger partial charge is 0.304 e. The van der Waals surface area contributed by atoms with Crippen molar-refractivity contribution < 1.29 is 23.1 Å². The summed E-state index contributed by atoms with van der Waals surface area (Å²) in [6.07, 6.45) is 2.78. The van der Waals surface area contributed by atoms with Gasteiger partial charge in [0.05, 0.1) is 29.3 Å². The number of hydrogen-bond donors (Lipinski definition) is 1. The molecule has 9 heteroatoms. The van der Waals surface area contributed by atoms with E-state index in [1.807, 2.05) is 24.3 Å². The van der Waals surface area contributed by atoms with Crippen LogP contribution in [0.25, 0.3) is 10.9 Å². The summed E-state index contributed by atoms with van der Waals surface area (Å²) < 4.78 is 32.3. The van der Waals surface area contributed by atoms with E-state index in [0.717, 1.165) is 39.2 Å². The van der Waals surface area contributed by atoms with Crippen molar-refractivity contribution in [2.45, 2.75) is 46.4 Å². The van der Waals surface area contributed by atoms with E-state index in [4.69, 9.17) is 16.3 Å². The van der Waals surface area contributed by atoms with Crippen LogP contribution in [0, 0.1) is 0 Å². The molecule has 31 heavy (non-hydrogen) atoms. The van der Waals surface area contributed by atoms with Crippen molar-refractivity contribution in [3.05, 3.63) is 47.1 Å². The Morgan fingerprint density at radius 1 is 1.29 bits per heavy atom. The molecule has 2 aromatic carbocycles. The SMILES string of the molecule is COc1cc(S(C)(=O)=O)cc2c1c(Sc1ccc(Cl)cc1)c1n2CCCC1CC(=O)O. The van der Waals surface area contributed by atoms with Gasteiger partial charge in [-0.05, 0) is 49.2 Å². The highest BCUT2D eigenvalue weighted by atomic mass is 35.5. The van der Waals surface area contributed by atoms with E-state index in [9.17, 15) is 18.3 Å². The van der Waals surface area contributed by atoms with Gasteiger partial charge in [0.25, 0.3) is 0 Å². The van der Waals surface area contributed by atoms with E-state index in [1.165, 1.54) is 25.1 Å². The molecule has 0 radical (unpaired) electrons. The predicted molar refractivity (Wildman–Crippen MR) is 121 cm³/mol. The molecule has 3 aromatic rings. The van der Waals surface area contributed by atoms with Gasteiger partial charge in [0, 0.05) is 39.2 Å². The van der Waals surface area contributed by atoms with Crippen molar-refractivity contribution in [3.8, 4) is 5.75 Å². The Kier molecular flexibility index (Phi) is 5.98. The molecule has 6 nitrogen and oxygen atoms in total. The summed E-state index contributed by atoms with van der Waals surface area (Å²) in [7, 11) is -1.93. The first-order chi connectivity index (χ1) is 14.7. The van der Waals surface area contributed by atoms with Crippen LogP contribution in [0.2, 0.25) is 5.02 Å². The zero-order valence-corrected chi connectivity index (χ0v) is 19.5. The van der Waals surface area contributed by atoms with E-state index >= 15 is 0 Å². The highest BCUT2D eigenvalue weighted by Crippen LogP contribution is 2.49. The summed E-state index contributed by atoms with van der Waals surface area (Å²) in [6, 6.07) is 10.7. The minimum Gasteiger partial charge on any atom is -0.496 e. The lowest BCUT2D eigenvalue weighted by Gasteiger charge is -2.25. The summed E-state index contributed by atoms with van der Waals surface area (Å²) in [5.41, 5.74) is 1.67. The van der Waals surface area contributed by atoms with Crippen molar-refractivity contribution in [1.29, 1.82) is 0 Å². The second-order valence-corrected chi connectivity index (χ2v) is 11.2. The zero-order valence-electron chi connectivity index (χ0n) is 17.1. The summed E-state index contributed by atoms with van der Waals surface area (Å²) in [5.74, 6) is -0.555. The summed E-state index contributed by atoms with van der Waals surface area (Å²) >= 11 is 7.56. The molecule has 164 valence electrons. The van der Waals surface area contributed by atoms with Crippen LogP contribution in [-0.2, 0) is 21.2 Å². The highest BCUT2D eigenvalue weighted by Gasteiger charge is 2.31. The molecule has 1 aliphatic heterocycles. The molecule has 0 spiro atoms. The topological polar surface area (TPSA) is 85.6 Å². The number of carboxylic acids is 1. The van der Waals surface area contributed by atoms with Crippen molar-refractivity contribution in [1.82, 2.24) is 4.57 Å². The molecule has 2 heterocycles. The van der Waals surface area contributed by atoms with Gasteiger partial charge in [0.2, 0.25) is 0 Å². The average Bonchev–Trinajstić information content (AvgIpc) is 3.03. The van der Waals surface area contributed by atoms with Gasteiger partial charge < -0.3 is 14.4 Å². The fourth-order valence-corrected chi connectivity index (χ4v) is 6.15. The first-order valence-corrected chi connectivity index (χ1v) is 12.9. The van der Waals surface area contributed by atoms with Crippen LogP contribution >= 0.6 is 23.4 Å². The van der Waals surface area contributed by atoms with E-state index in [2.05, 4.69) is 4.57 Å². The summed E-state index contributed by atoms with van der Waals surface area (Å²) in [5, 5.41) is 10.9. The van der Waals surface area contributed by atoms with Gasteiger partial charge in [0.15, 0.2) is 9.84 Å². The number of carboxylic acid groups (broad SMARTS) is 1. The minimum atomic E-state index is -3.45. The van der Waals surface area contributed by atoms with E-state index in [0.29, 0.717) is 17.3 Å². The fraction of sp³-hybridized carbons (Fsp3) is 0.318. The molecule has 0 amide bonds. The van der Waals surface area contributed by atoms with Crippen LogP contribution in [0.3, 0.4) is 0 Å². The Morgan fingerprint density at radius 2 is 2.00 bits per heavy atom. The van der Waals surface area contributed by atoms with Crippen molar-refractivity contribution in [2.24, 2.45) is 0 Å². The normalized spacial score (nSPS) is 16.3. The van der Waals surface area contributed by atoms with Crippen LogP contribution in [0.4, 0.5) is 0 Å². The van der Waals surface area contributed by atoms with E-state index in [-0.39, 0.29) is 17.2 Å². The molecule has 0 saturated carbocycles. The molecule has 4 rings (SSSR count). The van der Waals surface area contributed by atoms with Gasteiger partial charge in [0.1, 0.15) is 5.75 Å². The zero-order chi connectivity index (χ0) is 22.3. The summed E-state index contributed by atoms with van der Waals surface area (Å²) in [4.78, 5) is 13.6. The Hall–Kier alpha value is -2.16. The van der Waals surface area contributed by atoms with Gasteiger partial charge in [-0.15, -0.1) is 0 Å². The van der Waals surface area contributed by atoms with Crippen LogP contribution in [-0.4, -0.2) is 37.4 Å². The molecule has 1 aromatic heterocycles. The molecule has 1 N–H and O–H groups in total. The number of aryl methyl sites for hydroxylation is 1. The lowest BCUT2D eigenvalue weighted by Crippen LogP contribution is -2.18. The molecule has 1 atom stereocenters. The van der Waals surface area contributed by atoms with Gasteiger partial charge >= 0.3 is 5.97 Å². The molecule has 0 aliphatic carbocycles. The number of ether oxygens (including phenoxy) is 1. The molecule has 0 bridgehead atoms. The van der Waals surface area contributed by atoms with Crippen LogP contribution in [0.5, 0.6) is 5.75 Å². The van der Waals surface area contributed by atoms with Crippen LogP contribution in [0.15, 0.2) is 51.1 Å². The summed E-state index contributed by atoms with van der Waals surface area (Å²) in [6.45, 7) is 0.694. The predicted octanol–water partition coefficient (Wildman–Crippen LogP) is 5.21. The third-order valence-corrected chi connectivity index (χ3v) is 7.99. The van der Waals surface area contributed by atoms with Crippen LogP contribution in [0.1, 0.15) is 30.9 Å². The lowest BCUT2D eigenvalue weighted by atomic mass is 9.93. The number of sulfone groups is 1. The number of benzene rings is 2. The number of rotatable bonds is 6. The number of hydrogen-bond acceptors (Lipinski definition) is 5. The van der Waals surface area contributed by atoms with Gasteiger partial charge in [-0.3, -0.25) is 4.79 Å². The van der Waals surface area contributed by atoms with Gasteiger partial charge in [-0.25, -0.2) is 8.42 Å². The Morgan fingerprint density at radius 3 is 2.61 bits per heavy atom. The quantitative estimate of drug-likeness (QED) is 0.522. The average molecular weight is 480 g/mol. The number of aliphatic carboxylic acids is 1. The second-order valence-electron chi connectivity index (χ2n) is 7.65. The Balaban J connectivity index is 2.02. The Labute approximate surface area is 190 Å². The monoisotopic (exact) mass is 479 g/mol. The van der Waals surface area contributed by atoms with Crippen molar-refractivity contribution >= 4 is 50.1 Å². The largest absolute Gasteiger partial charge is 0.496 e. The van der Waals surface area contributed by atoms with Crippen LogP contribution < -0.4 is 4.74 Å². The standard InChI is InChI=1S/C22H22ClNO5S2/c1-29-18-12-16(31(2,27)28)11-17-20(18)22(30-15-7-5-14(23)6-8-15)21-13(10-19(25)26)4-3-9-24(17)21/h5-8,11-13H,3-4,9-10H2,1-2H3,(H,25,26). The molecule has 1 aliphatic rings. The molecule has 0 saturated heterocycles. The lowest BCUT2D eigenvalue weighted by molar-refractivity contribution is -0.137. The Bertz CT molecular complexity index is 1270. The number of nitrogens with zero attached hydrogens (tertiary/aromatic N) is 1.